The maximum atomic E-state index is 11.4. The van der Waals surface area contributed by atoms with Crippen LogP contribution in [0.3, 0.4) is 0 Å². The van der Waals surface area contributed by atoms with Crippen molar-refractivity contribution < 1.29 is 10.2 Å². The highest BCUT2D eigenvalue weighted by molar-refractivity contribution is 5.20. The Balaban J connectivity index is 1.49. The molecule has 5 rings (SSSR count). The molecule has 5 saturated carbocycles. The zero-order valence-corrected chi connectivity index (χ0v) is 22.8. The first-order valence-corrected chi connectivity index (χ1v) is 14.2. The van der Waals surface area contributed by atoms with Gasteiger partial charge in [-0.2, -0.15) is 0 Å². The highest BCUT2D eigenvalue weighted by Gasteiger charge is 2.69. The van der Waals surface area contributed by atoms with Crippen molar-refractivity contribution in [2.45, 2.75) is 130 Å². The van der Waals surface area contributed by atoms with Crippen molar-refractivity contribution in [3.05, 3.63) is 12.2 Å². The van der Waals surface area contributed by atoms with E-state index in [1.807, 2.05) is 13.8 Å². The third kappa shape index (κ3) is 3.04. The van der Waals surface area contributed by atoms with Gasteiger partial charge in [-0.1, -0.05) is 39.8 Å². The summed E-state index contributed by atoms with van der Waals surface area (Å²) >= 11 is 0. The number of aliphatic hydroxyl groups is 2. The second-order valence-corrected chi connectivity index (χ2v) is 15.3. The number of rotatable bonds is 2. The zero-order chi connectivity index (χ0) is 24.2. The fourth-order valence-electron chi connectivity index (χ4n) is 11.2. The van der Waals surface area contributed by atoms with Crippen LogP contribution in [0.5, 0.6) is 0 Å². The van der Waals surface area contributed by atoms with Crippen LogP contribution in [0.15, 0.2) is 12.2 Å². The molecule has 188 valence electrons. The smallest absolute Gasteiger partial charge is 0.0930 e. The van der Waals surface area contributed by atoms with Crippen LogP contribution in [0.1, 0.15) is 119 Å². The van der Waals surface area contributed by atoms with Gasteiger partial charge in [0.2, 0.25) is 0 Å². The minimum absolute atomic E-state index is 0.294. The van der Waals surface area contributed by atoms with Crippen molar-refractivity contribution in [3.63, 3.8) is 0 Å². The summed E-state index contributed by atoms with van der Waals surface area (Å²) < 4.78 is 0. The highest BCUT2D eigenvalue weighted by atomic mass is 16.4. The molecule has 5 aliphatic rings. The standard InChI is InChI=1S/C31H52O2/c1-20(2)22-12-13-27(5)15-17-29(7)23(25(22)27)9-10-24-28(6)16-18-31(33,26(3,4)32)19-21(28)11-14-30(24,29)8/h21-25,32-33H,1,9-19H2,2-8H3. The highest BCUT2D eigenvalue weighted by Crippen LogP contribution is 2.76. The van der Waals surface area contributed by atoms with E-state index in [0.717, 1.165) is 42.9 Å². The van der Waals surface area contributed by atoms with E-state index in [0.29, 0.717) is 27.6 Å². The van der Waals surface area contributed by atoms with Crippen LogP contribution < -0.4 is 0 Å². The van der Waals surface area contributed by atoms with Gasteiger partial charge in [0.25, 0.3) is 0 Å². The van der Waals surface area contributed by atoms with E-state index in [2.05, 4.69) is 41.2 Å². The molecule has 0 radical (unpaired) electrons. The first-order chi connectivity index (χ1) is 15.1. The van der Waals surface area contributed by atoms with E-state index in [9.17, 15) is 10.2 Å². The minimum atomic E-state index is -1.02. The van der Waals surface area contributed by atoms with Crippen molar-refractivity contribution in [1.82, 2.24) is 0 Å². The summed E-state index contributed by atoms with van der Waals surface area (Å²) in [4.78, 5) is 0. The number of allylic oxidation sites excluding steroid dienone is 1. The zero-order valence-electron chi connectivity index (χ0n) is 22.8. The van der Waals surface area contributed by atoms with Gasteiger partial charge in [0, 0.05) is 0 Å². The van der Waals surface area contributed by atoms with Gasteiger partial charge in [-0.05, 0) is 143 Å². The van der Waals surface area contributed by atoms with Crippen molar-refractivity contribution in [3.8, 4) is 0 Å². The van der Waals surface area contributed by atoms with E-state index in [4.69, 9.17) is 0 Å². The van der Waals surface area contributed by atoms with E-state index in [-0.39, 0.29) is 0 Å². The topological polar surface area (TPSA) is 40.5 Å². The molecule has 0 aromatic heterocycles. The lowest BCUT2D eigenvalue weighted by atomic mass is 9.33. The minimum Gasteiger partial charge on any atom is -0.387 e. The van der Waals surface area contributed by atoms with Gasteiger partial charge in [0.15, 0.2) is 0 Å². The summed E-state index contributed by atoms with van der Waals surface area (Å²) in [6.07, 6.45) is 13.4. The van der Waals surface area contributed by atoms with Gasteiger partial charge < -0.3 is 10.2 Å². The lowest BCUT2D eigenvalue weighted by Gasteiger charge is -2.72. The molecule has 5 aliphatic carbocycles. The monoisotopic (exact) mass is 456 g/mol. The first-order valence-electron chi connectivity index (χ1n) is 14.2. The Morgan fingerprint density at radius 1 is 0.848 bits per heavy atom. The molecule has 2 nitrogen and oxygen atoms in total. The van der Waals surface area contributed by atoms with Gasteiger partial charge in [-0.25, -0.2) is 0 Å². The largest absolute Gasteiger partial charge is 0.387 e. The lowest BCUT2D eigenvalue weighted by Crippen LogP contribution is -2.66. The van der Waals surface area contributed by atoms with Crippen molar-refractivity contribution in [2.24, 2.45) is 51.2 Å². The van der Waals surface area contributed by atoms with Crippen molar-refractivity contribution in [1.29, 1.82) is 0 Å². The molecular weight excluding hydrogens is 404 g/mol. The molecule has 0 saturated heterocycles. The Morgan fingerprint density at radius 2 is 1.55 bits per heavy atom. The third-order valence-corrected chi connectivity index (χ3v) is 13.7. The normalized spacial score (nSPS) is 56.3. The van der Waals surface area contributed by atoms with E-state index in [1.165, 1.54) is 56.9 Å². The van der Waals surface area contributed by atoms with Gasteiger partial charge in [-0.3, -0.25) is 0 Å². The van der Waals surface area contributed by atoms with Crippen LogP contribution in [-0.2, 0) is 0 Å². The number of hydrogen-bond donors (Lipinski definition) is 2. The van der Waals surface area contributed by atoms with Gasteiger partial charge in [-0.15, -0.1) is 0 Å². The lowest BCUT2D eigenvalue weighted by molar-refractivity contribution is -0.247. The first kappa shape index (κ1) is 24.4. The Kier molecular flexibility index (Phi) is 5.25. The van der Waals surface area contributed by atoms with Crippen LogP contribution in [0.25, 0.3) is 0 Å². The van der Waals surface area contributed by atoms with E-state index < -0.39 is 11.2 Å². The van der Waals surface area contributed by atoms with Crippen molar-refractivity contribution >= 4 is 0 Å². The molecular formula is C31H52O2. The quantitative estimate of drug-likeness (QED) is 0.422. The molecule has 2 N–H and O–H groups in total. The maximum Gasteiger partial charge on any atom is 0.0930 e. The van der Waals surface area contributed by atoms with Crippen LogP contribution in [0.4, 0.5) is 0 Å². The van der Waals surface area contributed by atoms with Crippen LogP contribution in [0.2, 0.25) is 0 Å². The van der Waals surface area contributed by atoms with Crippen LogP contribution in [0, 0.1) is 51.2 Å². The third-order valence-electron chi connectivity index (χ3n) is 13.7. The Bertz CT molecular complexity index is 825. The molecule has 33 heavy (non-hydrogen) atoms. The average Bonchev–Trinajstić information content (AvgIpc) is 3.07. The average molecular weight is 457 g/mol. The predicted molar refractivity (Wildman–Crippen MR) is 137 cm³/mol. The number of fused-ring (bicyclic) bond motifs is 7. The summed E-state index contributed by atoms with van der Waals surface area (Å²) in [6, 6.07) is 0. The van der Waals surface area contributed by atoms with Crippen LogP contribution >= 0.6 is 0 Å². The number of hydrogen-bond acceptors (Lipinski definition) is 2. The van der Waals surface area contributed by atoms with Gasteiger partial charge >= 0.3 is 0 Å². The molecule has 0 aliphatic heterocycles. The molecule has 2 heteroatoms. The fourth-order valence-corrected chi connectivity index (χ4v) is 11.2. The molecule has 0 heterocycles. The molecule has 0 aromatic carbocycles. The Hall–Kier alpha value is -0.340. The molecule has 0 amide bonds. The predicted octanol–water partition coefficient (Wildman–Crippen LogP) is 7.53. The second kappa shape index (κ2) is 7.12. The van der Waals surface area contributed by atoms with E-state index >= 15 is 0 Å². The molecule has 5 fully saturated rings. The SMILES string of the molecule is C=C(C)C1CCC2(C)CCC3(C)C(CCC4C5(C)CCC(O)(C(C)(C)O)CC5CCC43C)C12. The summed E-state index contributed by atoms with van der Waals surface area (Å²) in [5.41, 5.74) is 1.10. The summed E-state index contributed by atoms with van der Waals surface area (Å²) in [7, 11) is 0. The fraction of sp³-hybridized carbons (Fsp3) is 0.935. The van der Waals surface area contributed by atoms with E-state index in [1.54, 1.807) is 0 Å². The van der Waals surface area contributed by atoms with Gasteiger partial charge in [0.1, 0.15) is 0 Å². The summed E-state index contributed by atoms with van der Waals surface area (Å²) in [6.45, 7) is 21.0. The second-order valence-electron chi connectivity index (χ2n) is 15.3. The Labute approximate surface area is 204 Å². The van der Waals surface area contributed by atoms with Crippen molar-refractivity contribution in [2.75, 3.05) is 0 Å². The molecule has 10 unspecified atom stereocenters. The molecule has 0 aromatic rings. The molecule has 0 spiro atoms. The maximum absolute atomic E-state index is 11.4. The molecule has 0 bridgehead atoms. The summed E-state index contributed by atoms with van der Waals surface area (Å²) in [5.74, 6) is 3.65. The van der Waals surface area contributed by atoms with Gasteiger partial charge in [0.05, 0.1) is 11.2 Å². The Morgan fingerprint density at radius 3 is 2.18 bits per heavy atom. The molecule has 10 atom stereocenters. The summed E-state index contributed by atoms with van der Waals surface area (Å²) in [5, 5.41) is 22.2. The van der Waals surface area contributed by atoms with Crippen LogP contribution in [-0.4, -0.2) is 21.4 Å².